The maximum atomic E-state index is 14.4. The maximum absolute atomic E-state index is 14.4. The number of fused-ring (bicyclic) bond motifs is 3. The minimum Gasteiger partial charge on any atom is -0.494 e. The maximum Gasteiger partial charge on any atom is 0.254 e. The van der Waals surface area contributed by atoms with Crippen molar-refractivity contribution in [3.05, 3.63) is 65.5 Å². The van der Waals surface area contributed by atoms with Gasteiger partial charge in [-0.15, -0.1) is 0 Å². The van der Waals surface area contributed by atoms with E-state index in [1.807, 2.05) is 19.1 Å². The number of amides is 2. The van der Waals surface area contributed by atoms with Gasteiger partial charge in [-0.3, -0.25) is 9.59 Å². The van der Waals surface area contributed by atoms with Gasteiger partial charge in [-0.25, -0.2) is 4.39 Å². The zero-order valence-corrected chi connectivity index (χ0v) is 19.9. The third-order valence-corrected chi connectivity index (χ3v) is 6.69. The number of benzene rings is 3. The number of hydrogen-bond donors (Lipinski definition) is 3. The highest BCUT2D eigenvalue weighted by molar-refractivity contribution is 6.17. The van der Waals surface area contributed by atoms with Gasteiger partial charge in [0.1, 0.15) is 0 Å². The van der Waals surface area contributed by atoms with Gasteiger partial charge >= 0.3 is 0 Å². The summed E-state index contributed by atoms with van der Waals surface area (Å²) in [5, 5.41) is 11.2. The van der Waals surface area contributed by atoms with Crippen LogP contribution in [0.3, 0.4) is 0 Å². The molecule has 9 heteroatoms. The van der Waals surface area contributed by atoms with E-state index in [1.54, 1.807) is 29.2 Å². The number of aromatic nitrogens is 1. The van der Waals surface area contributed by atoms with Crippen LogP contribution in [0.5, 0.6) is 5.75 Å². The minimum absolute atomic E-state index is 0.122. The van der Waals surface area contributed by atoms with Crippen LogP contribution in [0, 0.1) is 5.82 Å². The van der Waals surface area contributed by atoms with Crippen molar-refractivity contribution >= 4 is 33.6 Å². The molecule has 2 heterocycles. The smallest absolute Gasteiger partial charge is 0.254 e. The van der Waals surface area contributed by atoms with E-state index in [2.05, 4.69) is 4.98 Å². The Morgan fingerprint density at radius 1 is 1.14 bits per heavy atom. The second-order valence-electron chi connectivity index (χ2n) is 8.98. The molecule has 1 aromatic heterocycles. The van der Waals surface area contributed by atoms with E-state index in [1.165, 1.54) is 19.2 Å². The lowest BCUT2D eigenvalue weighted by atomic mass is 9.98. The van der Waals surface area contributed by atoms with E-state index in [0.29, 0.717) is 34.3 Å². The van der Waals surface area contributed by atoms with Gasteiger partial charge in [0.05, 0.1) is 50.1 Å². The van der Waals surface area contributed by atoms with Gasteiger partial charge in [-0.1, -0.05) is 12.1 Å². The summed E-state index contributed by atoms with van der Waals surface area (Å²) in [6.45, 7) is 2.36. The largest absolute Gasteiger partial charge is 0.494 e. The number of aromatic amines is 1. The first-order valence-corrected chi connectivity index (χ1v) is 11.6. The molecule has 4 aromatic rings. The normalized spacial score (nSPS) is 18.1. The number of nitrogens with one attached hydrogen (secondary N) is 1. The molecular weight excluding hydrogens is 465 g/mol. The molecular formula is C27H26FN3O5. The van der Waals surface area contributed by atoms with Crippen molar-refractivity contribution in [2.24, 2.45) is 5.73 Å². The van der Waals surface area contributed by atoms with E-state index in [0.717, 1.165) is 10.8 Å². The quantitative estimate of drug-likeness (QED) is 0.395. The molecule has 2 amide bonds. The molecule has 186 valence electrons. The number of hydrogen-bond acceptors (Lipinski definition) is 5. The highest BCUT2D eigenvalue weighted by Gasteiger charge is 2.33. The van der Waals surface area contributed by atoms with E-state index in [4.69, 9.17) is 15.2 Å². The predicted molar refractivity (Wildman–Crippen MR) is 134 cm³/mol. The highest BCUT2D eigenvalue weighted by Crippen LogP contribution is 2.34. The number of rotatable bonds is 5. The zero-order chi connectivity index (χ0) is 25.6. The number of nitrogens with two attached hydrogens (primary N) is 1. The highest BCUT2D eigenvalue weighted by atomic mass is 19.1. The number of aliphatic hydroxyl groups excluding tert-OH is 1. The Labute approximate surface area is 206 Å². The molecule has 0 aliphatic carbocycles. The van der Waals surface area contributed by atoms with Crippen molar-refractivity contribution in [3.8, 4) is 16.9 Å². The van der Waals surface area contributed by atoms with Gasteiger partial charge < -0.3 is 30.2 Å². The molecule has 2 atom stereocenters. The van der Waals surface area contributed by atoms with E-state index in [9.17, 15) is 19.1 Å². The Morgan fingerprint density at radius 2 is 1.94 bits per heavy atom. The van der Waals surface area contributed by atoms with Crippen LogP contribution in [0.15, 0.2) is 48.5 Å². The average Bonchev–Trinajstić information content (AvgIpc) is 3.25. The van der Waals surface area contributed by atoms with Crippen molar-refractivity contribution in [2.45, 2.75) is 19.0 Å². The van der Waals surface area contributed by atoms with Crippen LogP contribution in [-0.2, 0) is 4.74 Å². The second kappa shape index (κ2) is 9.25. The number of carbonyl (C=O) groups excluding carboxylic acids is 2. The molecule has 0 radical (unpaired) electrons. The first-order chi connectivity index (χ1) is 17.3. The van der Waals surface area contributed by atoms with Crippen LogP contribution in [0.2, 0.25) is 0 Å². The standard InChI is InChI=1S/C27H26FN3O5/c1-14-12-36-13-18(11-32)31(14)27(34)16-3-5-19-20-7-17(15-4-6-24(35-2)22(28)9-15)8-21(26(29)33)25(20)30-23(19)10-16/h3-10,14,18,30,32H,11-13H2,1-2H3,(H2,29,33). The van der Waals surface area contributed by atoms with Gasteiger partial charge in [-0.2, -0.15) is 0 Å². The van der Waals surface area contributed by atoms with Gasteiger partial charge in [0.25, 0.3) is 11.8 Å². The summed E-state index contributed by atoms with van der Waals surface area (Å²) in [6.07, 6.45) is 0. The fourth-order valence-electron chi connectivity index (χ4n) is 4.90. The summed E-state index contributed by atoms with van der Waals surface area (Å²) < 4.78 is 24.9. The van der Waals surface area contributed by atoms with Crippen molar-refractivity contribution in [1.82, 2.24) is 9.88 Å². The van der Waals surface area contributed by atoms with Gasteiger partial charge in [0.15, 0.2) is 11.6 Å². The van der Waals surface area contributed by atoms with Crippen molar-refractivity contribution in [3.63, 3.8) is 0 Å². The Bertz CT molecular complexity index is 1500. The van der Waals surface area contributed by atoms with Crippen LogP contribution in [0.4, 0.5) is 4.39 Å². The Morgan fingerprint density at radius 3 is 2.64 bits per heavy atom. The molecule has 0 saturated carbocycles. The number of H-pyrrole nitrogens is 1. The third kappa shape index (κ3) is 3.96. The Balaban J connectivity index is 1.62. The zero-order valence-electron chi connectivity index (χ0n) is 19.9. The fourth-order valence-corrected chi connectivity index (χ4v) is 4.90. The number of aliphatic hydroxyl groups is 1. The fraction of sp³-hybridized carbons (Fsp3) is 0.259. The summed E-state index contributed by atoms with van der Waals surface area (Å²) in [5.41, 5.74) is 8.76. The monoisotopic (exact) mass is 491 g/mol. The first-order valence-electron chi connectivity index (χ1n) is 11.6. The summed E-state index contributed by atoms with van der Waals surface area (Å²) in [4.78, 5) is 30.6. The number of nitrogens with zero attached hydrogens (tertiary/aromatic N) is 1. The Kier molecular flexibility index (Phi) is 6.11. The molecule has 5 rings (SSSR count). The summed E-state index contributed by atoms with van der Waals surface area (Å²) >= 11 is 0. The van der Waals surface area contributed by atoms with Crippen LogP contribution in [0.25, 0.3) is 32.9 Å². The predicted octanol–water partition coefficient (Wildman–Crippen LogP) is 3.46. The van der Waals surface area contributed by atoms with Crippen molar-refractivity contribution in [2.75, 3.05) is 26.9 Å². The van der Waals surface area contributed by atoms with Gasteiger partial charge in [-0.05, 0) is 54.4 Å². The lowest BCUT2D eigenvalue weighted by Crippen LogP contribution is -2.55. The average molecular weight is 492 g/mol. The van der Waals surface area contributed by atoms with Crippen molar-refractivity contribution in [1.29, 1.82) is 0 Å². The van der Waals surface area contributed by atoms with Crippen LogP contribution in [0.1, 0.15) is 27.6 Å². The van der Waals surface area contributed by atoms with E-state index >= 15 is 0 Å². The molecule has 0 spiro atoms. The molecule has 1 aliphatic rings. The molecule has 1 fully saturated rings. The number of morpholine rings is 1. The molecule has 1 aliphatic heterocycles. The number of primary amides is 1. The molecule has 36 heavy (non-hydrogen) atoms. The molecule has 1 saturated heterocycles. The molecule has 2 unspecified atom stereocenters. The number of methoxy groups -OCH3 is 1. The lowest BCUT2D eigenvalue weighted by Gasteiger charge is -2.39. The van der Waals surface area contributed by atoms with E-state index < -0.39 is 17.8 Å². The number of ether oxygens (including phenoxy) is 2. The van der Waals surface area contributed by atoms with Crippen molar-refractivity contribution < 1.29 is 28.6 Å². The number of carbonyl (C=O) groups is 2. The topological polar surface area (TPSA) is 118 Å². The van der Waals surface area contributed by atoms with Gasteiger partial charge in [0.2, 0.25) is 0 Å². The summed E-state index contributed by atoms with van der Waals surface area (Å²) in [5.74, 6) is -1.24. The molecule has 8 nitrogen and oxygen atoms in total. The SMILES string of the molecule is COc1ccc(-c2cc(C(N)=O)c3[nH]c4cc(C(=O)N5C(C)COCC5CO)ccc4c3c2)cc1F. The lowest BCUT2D eigenvalue weighted by molar-refractivity contribution is -0.0452. The van der Waals surface area contributed by atoms with Gasteiger partial charge in [0, 0.05) is 21.9 Å². The van der Waals surface area contributed by atoms with Crippen LogP contribution < -0.4 is 10.5 Å². The molecule has 0 bridgehead atoms. The van der Waals surface area contributed by atoms with E-state index in [-0.39, 0.29) is 36.5 Å². The second-order valence-corrected chi connectivity index (χ2v) is 8.98. The summed E-state index contributed by atoms with van der Waals surface area (Å²) in [7, 11) is 1.39. The Hall–Kier alpha value is -3.95. The third-order valence-electron chi connectivity index (χ3n) is 6.69. The first kappa shape index (κ1) is 23.8. The molecule has 3 aromatic carbocycles. The van der Waals surface area contributed by atoms with Crippen LogP contribution in [-0.4, -0.2) is 65.8 Å². The van der Waals surface area contributed by atoms with Crippen LogP contribution >= 0.6 is 0 Å². The summed E-state index contributed by atoms with van der Waals surface area (Å²) in [6, 6.07) is 12.7. The minimum atomic E-state index is -0.633. The molecule has 4 N–H and O–H groups in total. The number of halogens is 1.